The van der Waals surface area contributed by atoms with E-state index in [4.69, 9.17) is 83.8 Å². The van der Waals surface area contributed by atoms with Crippen molar-refractivity contribution < 1.29 is 14.2 Å². The van der Waals surface area contributed by atoms with Crippen LogP contribution in [-0.4, -0.2) is 13.2 Å². The van der Waals surface area contributed by atoms with E-state index in [0.717, 1.165) is 11.1 Å². The Morgan fingerprint density at radius 3 is 1.15 bits per heavy atom. The summed E-state index contributed by atoms with van der Waals surface area (Å²) in [5.41, 5.74) is 1.74. The van der Waals surface area contributed by atoms with Crippen molar-refractivity contribution in [2.24, 2.45) is 0 Å². The van der Waals surface area contributed by atoms with Gasteiger partial charge in [0.2, 0.25) is 10.4 Å². The molecule has 0 fully saturated rings. The van der Waals surface area contributed by atoms with Crippen LogP contribution in [0.2, 0.25) is 0 Å². The van der Waals surface area contributed by atoms with Crippen molar-refractivity contribution in [1.82, 2.24) is 0 Å². The number of benzene rings is 2. The van der Waals surface area contributed by atoms with E-state index in [2.05, 4.69) is 27.7 Å². The molecule has 0 spiro atoms. The highest BCUT2D eigenvalue weighted by molar-refractivity contribution is 6.59. The predicted octanol–water partition coefficient (Wildman–Crippen LogP) is 9.40. The molecule has 0 saturated heterocycles. The zero-order valence-corrected chi connectivity index (χ0v) is 23.1. The minimum absolute atomic E-state index is 0.0714. The first-order chi connectivity index (χ1) is 15.3. The van der Waals surface area contributed by atoms with Crippen LogP contribution in [0.4, 0.5) is 0 Å². The molecule has 3 nitrogen and oxygen atoms in total. The zero-order valence-electron chi connectivity index (χ0n) is 18.5. The zero-order chi connectivity index (χ0) is 24.8. The van der Waals surface area contributed by atoms with E-state index in [0.29, 0.717) is 24.7 Å². The lowest BCUT2D eigenvalue weighted by atomic mass is 9.84. The summed E-state index contributed by atoms with van der Waals surface area (Å²) < 4.78 is 16.6. The fraction of sp³-hybridized carbons (Fsp3) is 0.333. The Hall–Kier alpha value is -0.780. The van der Waals surface area contributed by atoms with Gasteiger partial charge in [0.05, 0.1) is 13.2 Å². The second-order valence-electron chi connectivity index (χ2n) is 8.58. The van der Waals surface area contributed by atoms with E-state index < -0.39 is 0 Å². The van der Waals surface area contributed by atoms with Crippen LogP contribution < -0.4 is 9.47 Å². The van der Waals surface area contributed by atoms with Crippen molar-refractivity contribution in [3.8, 4) is 11.5 Å². The maximum absolute atomic E-state index is 6.14. The van der Waals surface area contributed by atoms with Gasteiger partial charge in [-0.1, -0.05) is 98.4 Å². The van der Waals surface area contributed by atoms with Crippen molar-refractivity contribution in [3.63, 3.8) is 0 Å². The summed E-state index contributed by atoms with van der Waals surface area (Å²) in [5, 5.41) is -0.143. The summed E-state index contributed by atoms with van der Waals surface area (Å²) in [4.78, 5) is 0. The van der Waals surface area contributed by atoms with Crippen LogP contribution >= 0.6 is 69.6 Å². The van der Waals surface area contributed by atoms with Gasteiger partial charge in [-0.15, -0.1) is 0 Å². The first-order valence-electron chi connectivity index (χ1n) is 9.88. The molecule has 0 heterocycles. The maximum Gasteiger partial charge on any atom is 0.224 e. The van der Waals surface area contributed by atoms with Crippen LogP contribution in [0, 0.1) is 0 Å². The summed E-state index contributed by atoms with van der Waals surface area (Å²) in [6.45, 7) is 9.52. The highest BCUT2D eigenvalue weighted by Crippen LogP contribution is 2.31. The van der Waals surface area contributed by atoms with Crippen molar-refractivity contribution in [2.45, 2.75) is 38.5 Å². The topological polar surface area (TPSA) is 27.7 Å². The highest BCUT2D eigenvalue weighted by Gasteiger charge is 2.25. The molecule has 0 aromatic heterocycles. The van der Waals surface area contributed by atoms with E-state index >= 15 is 0 Å². The molecule has 0 atom stereocenters. The molecule has 2 aromatic rings. The molecule has 9 heteroatoms. The Morgan fingerprint density at radius 1 is 0.576 bits per heavy atom. The minimum atomic E-state index is -0.222. The molecule has 180 valence electrons. The van der Waals surface area contributed by atoms with Gasteiger partial charge in [0.25, 0.3) is 0 Å². The van der Waals surface area contributed by atoms with Crippen molar-refractivity contribution in [3.05, 3.63) is 79.1 Å². The van der Waals surface area contributed by atoms with Crippen LogP contribution in [0.5, 0.6) is 11.5 Å². The number of ether oxygens (including phenoxy) is 3. The van der Waals surface area contributed by atoms with Crippen LogP contribution in [0.1, 0.15) is 38.8 Å². The third-order valence-electron chi connectivity index (χ3n) is 4.91. The van der Waals surface area contributed by atoms with Gasteiger partial charge in [0.15, 0.2) is 8.98 Å². The summed E-state index contributed by atoms with van der Waals surface area (Å²) in [6, 6.07) is 15.1. The Bertz CT molecular complexity index is 906. The van der Waals surface area contributed by atoms with Gasteiger partial charge >= 0.3 is 0 Å². The smallest absolute Gasteiger partial charge is 0.224 e. The molecule has 0 unspecified atom stereocenters. The van der Waals surface area contributed by atoms with Crippen molar-refractivity contribution >= 4 is 69.6 Å². The van der Waals surface area contributed by atoms with E-state index in [1.807, 2.05) is 48.5 Å². The SMILES string of the molecule is CC(C)(COCC(C)(C)c1ccc(OC(Cl)=C(Cl)Cl)cc1)c1ccc(OC(Cl)=C(Cl)Cl)cc1. The number of hydrogen-bond donors (Lipinski definition) is 0. The lowest BCUT2D eigenvalue weighted by Crippen LogP contribution is -2.30. The Kier molecular flexibility index (Phi) is 10.6. The molecule has 2 rings (SSSR count). The van der Waals surface area contributed by atoms with E-state index in [1.165, 1.54) is 0 Å². The maximum atomic E-state index is 6.14. The van der Waals surface area contributed by atoms with Crippen molar-refractivity contribution in [1.29, 1.82) is 0 Å². The van der Waals surface area contributed by atoms with E-state index in [9.17, 15) is 0 Å². The molecule has 0 aliphatic heterocycles. The molecule has 0 bridgehead atoms. The van der Waals surface area contributed by atoms with Crippen LogP contribution in [0.3, 0.4) is 0 Å². The Morgan fingerprint density at radius 2 is 0.879 bits per heavy atom. The molecule has 0 N–H and O–H groups in total. The fourth-order valence-corrected chi connectivity index (χ4v) is 3.29. The monoisotopic (exact) mass is 570 g/mol. The van der Waals surface area contributed by atoms with Gasteiger partial charge in [0, 0.05) is 10.8 Å². The summed E-state index contributed by atoms with van der Waals surface area (Å²) in [6.07, 6.45) is 0. The predicted molar refractivity (Wildman–Crippen MR) is 140 cm³/mol. The second-order valence-corrected chi connectivity index (χ2v) is 11.2. The van der Waals surface area contributed by atoms with Gasteiger partial charge in [0.1, 0.15) is 11.5 Å². The molecular formula is C24H24Cl6O3. The molecular weight excluding hydrogens is 549 g/mol. The minimum Gasteiger partial charge on any atom is -0.443 e. The number of halogens is 6. The van der Waals surface area contributed by atoms with Crippen LogP contribution in [0.25, 0.3) is 0 Å². The largest absolute Gasteiger partial charge is 0.443 e. The van der Waals surface area contributed by atoms with Crippen LogP contribution in [0.15, 0.2) is 68.0 Å². The van der Waals surface area contributed by atoms with Gasteiger partial charge in [-0.2, -0.15) is 0 Å². The highest BCUT2D eigenvalue weighted by atomic mass is 35.5. The summed E-state index contributed by atoms with van der Waals surface area (Å²) in [7, 11) is 0. The van der Waals surface area contributed by atoms with Gasteiger partial charge in [-0.25, -0.2) is 0 Å². The standard InChI is InChI=1S/C24H24Cl6O3/c1-23(2,15-5-9-17(10-6-15)32-21(29)19(25)26)13-31-14-24(3,4)16-7-11-18(12-8-16)33-22(30)20(27)28/h5-12H,13-14H2,1-4H3. The van der Waals surface area contributed by atoms with Gasteiger partial charge in [-0.05, 0) is 58.6 Å². The second kappa shape index (κ2) is 12.3. The molecule has 2 aromatic carbocycles. The van der Waals surface area contributed by atoms with Crippen LogP contribution in [-0.2, 0) is 15.6 Å². The molecule has 0 amide bonds. The summed E-state index contributed by atoms with van der Waals surface area (Å²) in [5.74, 6) is 1.08. The Labute approximate surface area is 225 Å². The average molecular weight is 573 g/mol. The van der Waals surface area contributed by atoms with Gasteiger partial charge in [-0.3, -0.25) is 0 Å². The molecule has 0 radical (unpaired) electrons. The normalized spacial score (nSPS) is 11.7. The third-order valence-corrected chi connectivity index (χ3v) is 6.52. The lowest BCUT2D eigenvalue weighted by molar-refractivity contribution is 0.0633. The fourth-order valence-electron chi connectivity index (χ4n) is 2.96. The average Bonchev–Trinajstić information content (AvgIpc) is 2.74. The quantitative estimate of drug-likeness (QED) is 0.265. The number of hydrogen-bond acceptors (Lipinski definition) is 3. The Balaban J connectivity index is 1.97. The third kappa shape index (κ3) is 8.74. The molecule has 0 saturated carbocycles. The first-order valence-corrected chi connectivity index (χ1v) is 12.1. The number of rotatable bonds is 10. The molecule has 33 heavy (non-hydrogen) atoms. The lowest BCUT2D eigenvalue weighted by Gasteiger charge is -2.30. The van der Waals surface area contributed by atoms with E-state index in [-0.39, 0.29) is 30.2 Å². The molecule has 0 aliphatic carbocycles. The van der Waals surface area contributed by atoms with Crippen molar-refractivity contribution in [2.75, 3.05) is 13.2 Å². The van der Waals surface area contributed by atoms with Gasteiger partial charge < -0.3 is 14.2 Å². The first kappa shape index (κ1) is 28.5. The molecule has 0 aliphatic rings. The summed E-state index contributed by atoms with van der Waals surface area (Å²) >= 11 is 34.1. The van der Waals surface area contributed by atoms with E-state index in [1.54, 1.807) is 0 Å².